The average Bonchev–Trinajstić information content (AvgIpc) is 2.50. The molecule has 1 aromatic rings. The molecule has 0 saturated carbocycles. The summed E-state index contributed by atoms with van der Waals surface area (Å²) in [5, 5.41) is -0.649. The van der Waals surface area contributed by atoms with E-state index in [-0.39, 0.29) is 12.5 Å². The van der Waals surface area contributed by atoms with Crippen molar-refractivity contribution in [2.75, 3.05) is 18.6 Å². The van der Waals surface area contributed by atoms with Crippen LogP contribution in [0.15, 0.2) is 18.2 Å². The fourth-order valence-electron chi connectivity index (χ4n) is 2.03. The third-order valence-electron chi connectivity index (χ3n) is 3.10. The Morgan fingerprint density at radius 2 is 2.15 bits per heavy atom. The highest BCUT2D eigenvalue weighted by atomic mass is 35.5. The van der Waals surface area contributed by atoms with Gasteiger partial charge in [0.2, 0.25) is 5.91 Å². The Bertz CT molecular complexity index is 454. The van der Waals surface area contributed by atoms with Gasteiger partial charge >= 0.3 is 0 Å². The van der Waals surface area contributed by atoms with Gasteiger partial charge in [0, 0.05) is 0 Å². The number of carbonyl (C=O) groups is 2. The lowest BCUT2D eigenvalue weighted by atomic mass is 10.1. The summed E-state index contributed by atoms with van der Waals surface area (Å²) in [4.78, 5) is 24.7. The van der Waals surface area contributed by atoms with Crippen LogP contribution in [-0.4, -0.2) is 31.2 Å². The zero-order valence-corrected chi connectivity index (χ0v) is 12.8. The molecule has 1 amide bonds. The first-order chi connectivity index (χ1) is 9.60. The molecule has 20 heavy (non-hydrogen) atoms. The molecule has 5 heteroatoms. The van der Waals surface area contributed by atoms with E-state index in [1.165, 1.54) is 4.90 Å². The number of aldehydes is 1. The molecule has 0 spiro atoms. The number of amides is 1. The molecule has 0 radical (unpaired) electrons. The highest BCUT2D eigenvalue weighted by Gasteiger charge is 2.26. The normalized spacial score (nSPS) is 11.8. The minimum Gasteiger partial charge on any atom is -0.495 e. The number of nitrogens with zero attached hydrogens (tertiary/aromatic N) is 1. The van der Waals surface area contributed by atoms with E-state index in [1.807, 2.05) is 26.0 Å². The van der Waals surface area contributed by atoms with Crippen molar-refractivity contribution >= 4 is 29.5 Å². The zero-order chi connectivity index (χ0) is 15.1. The molecule has 1 aromatic carbocycles. The molecule has 0 saturated heterocycles. The van der Waals surface area contributed by atoms with Crippen molar-refractivity contribution in [2.24, 2.45) is 0 Å². The van der Waals surface area contributed by atoms with Crippen molar-refractivity contribution < 1.29 is 14.3 Å². The van der Waals surface area contributed by atoms with Crippen LogP contribution < -0.4 is 9.64 Å². The number of carbonyl (C=O) groups excluding carboxylic acids is 2. The average molecular weight is 298 g/mol. The Morgan fingerprint density at radius 3 is 2.65 bits per heavy atom. The molecule has 0 aliphatic carbocycles. The van der Waals surface area contributed by atoms with Crippen LogP contribution in [-0.2, 0) is 16.0 Å². The summed E-state index contributed by atoms with van der Waals surface area (Å²) in [7, 11) is 1.54. The maximum Gasteiger partial charge on any atom is 0.245 e. The summed E-state index contributed by atoms with van der Waals surface area (Å²) >= 11 is 6.04. The van der Waals surface area contributed by atoms with E-state index in [4.69, 9.17) is 16.3 Å². The number of rotatable bonds is 7. The van der Waals surface area contributed by atoms with Crippen molar-refractivity contribution in [3.8, 4) is 5.75 Å². The standard InChI is InChI=1S/C15H20ClNO3/c1-4-11-7-6-8-13(20-3)14(11)17(9-10-18)15(19)12(16)5-2/h6-8,10,12H,4-5,9H2,1-3H3. The van der Waals surface area contributed by atoms with Crippen molar-refractivity contribution in [1.29, 1.82) is 0 Å². The Labute approximate surface area is 124 Å². The van der Waals surface area contributed by atoms with E-state index < -0.39 is 5.38 Å². The predicted octanol–water partition coefficient (Wildman–Crippen LogP) is 2.81. The maximum absolute atomic E-state index is 12.4. The molecular weight excluding hydrogens is 278 g/mol. The SMILES string of the molecule is CCc1cccc(OC)c1N(CC=O)C(=O)C(Cl)CC. The Hall–Kier alpha value is -1.55. The lowest BCUT2D eigenvalue weighted by molar-refractivity contribution is -0.119. The number of benzene rings is 1. The van der Waals surface area contributed by atoms with Gasteiger partial charge in [0.25, 0.3) is 0 Å². The van der Waals surface area contributed by atoms with Crippen molar-refractivity contribution in [1.82, 2.24) is 0 Å². The first kappa shape index (κ1) is 16.5. The summed E-state index contributed by atoms with van der Waals surface area (Å²) in [6, 6.07) is 5.55. The van der Waals surface area contributed by atoms with Crippen molar-refractivity contribution in [3.63, 3.8) is 0 Å². The summed E-state index contributed by atoms with van der Waals surface area (Å²) in [6.45, 7) is 3.78. The topological polar surface area (TPSA) is 46.6 Å². The van der Waals surface area contributed by atoms with Crippen LogP contribution in [0.1, 0.15) is 25.8 Å². The van der Waals surface area contributed by atoms with Crippen molar-refractivity contribution in [3.05, 3.63) is 23.8 Å². The Kier molecular flexibility index (Phi) is 6.52. The monoisotopic (exact) mass is 297 g/mol. The van der Waals surface area contributed by atoms with Crippen LogP contribution in [0.4, 0.5) is 5.69 Å². The largest absolute Gasteiger partial charge is 0.495 e. The third kappa shape index (κ3) is 3.51. The van der Waals surface area contributed by atoms with E-state index in [9.17, 15) is 9.59 Å². The molecular formula is C15H20ClNO3. The number of ether oxygens (including phenoxy) is 1. The first-order valence-electron chi connectivity index (χ1n) is 6.65. The highest BCUT2D eigenvalue weighted by molar-refractivity contribution is 6.33. The number of para-hydroxylation sites is 1. The number of hydrogen-bond acceptors (Lipinski definition) is 3. The number of hydrogen-bond donors (Lipinski definition) is 0. The molecule has 0 bridgehead atoms. The van der Waals surface area contributed by atoms with Crippen LogP contribution in [0.5, 0.6) is 5.75 Å². The van der Waals surface area contributed by atoms with E-state index >= 15 is 0 Å². The molecule has 4 nitrogen and oxygen atoms in total. The summed E-state index contributed by atoms with van der Waals surface area (Å²) in [5.74, 6) is 0.292. The van der Waals surface area contributed by atoms with Gasteiger partial charge in [0.15, 0.2) is 0 Å². The smallest absolute Gasteiger partial charge is 0.245 e. The summed E-state index contributed by atoms with van der Waals surface area (Å²) in [5.41, 5.74) is 1.58. The number of halogens is 1. The van der Waals surface area contributed by atoms with Gasteiger partial charge in [0.1, 0.15) is 17.4 Å². The second kappa shape index (κ2) is 7.90. The third-order valence-corrected chi connectivity index (χ3v) is 3.60. The first-order valence-corrected chi connectivity index (χ1v) is 7.09. The van der Waals surface area contributed by atoms with Crippen LogP contribution in [0, 0.1) is 0 Å². The summed E-state index contributed by atoms with van der Waals surface area (Å²) in [6.07, 6.45) is 1.93. The highest BCUT2D eigenvalue weighted by Crippen LogP contribution is 2.33. The molecule has 0 fully saturated rings. The summed E-state index contributed by atoms with van der Waals surface area (Å²) < 4.78 is 5.33. The number of anilines is 1. The van der Waals surface area contributed by atoms with Gasteiger partial charge in [-0.3, -0.25) is 4.79 Å². The molecule has 1 unspecified atom stereocenters. The van der Waals surface area contributed by atoms with E-state index in [0.29, 0.717) is 24.1 Å². The van der Waals surface area contributed by atoms with Gasteiger partial charge < -0.3 is 14.4 Å². The molecule has 0 aromatic heterocycles. The van der Waals surface area contributed by atoms with Crippen LogP contribution in [0.25, 0.3) is 0 Å². The van der Waals surface area contributed by atoms with E-state index in [1.54, 1.807) is 13.2 Å². The maximum atomic E-state index is 12.4. The molecule has 1 rings (SSSR count). The zero-order valence-electron chi connectivity index (χ0n) is 12.1. The van der Waals surface area contributed by atoms with E-state index in [0.717, 1.165) is 12.0 Å². The molecule has 110 valence electrons. The predicted molar refractivity (Wildman–Crippen MR) is 80.7 cm³/mol. The number of methoxy groups -OCH3 is 1. The quantitative estimate of drug-likeness (QED) is 0.574. The second-order valence-electron chi connectivity index (χ2n) is 4.31. The van der Waals surface area contributed by atoms with Gasteiger partial charge in [-0.25, -0.2) is 0 Å². The van der Waals surface area contributed by atoms with Crippen LogP contribution >= 0.6 is 11.6 Å². The van der Waals surface area contributed by atoms with Crippen molar-refractivity contribution in [2.45, 2.75) is 32.1 Å². The van der Waals surface area contributed by atoms with Gasteiger partial charge in [0.05, 0.1) is 19.3 Å². The van der Waals surface area contributed by atoms with Crippen LogP contribution in [0.2, 0.25) is 0 Å². The Balaban J connectivity index is 3.33. The lowest BCUT2D eigenvalue weighted by Crippen LogP contribution is -2.38. The minimum absolute atomic E-state index is 0.0323. The molecule has 0 aliphatic heterocycles. The van der Waals surface area contributed by atoms with E-state index in [2.05, 4.69) is 0 Å². The second-order valence-corrected chi connectivity index (χ2v) is 4.84. The Morgan fingerprint density at radius 1 is 1.45 bits per heavy atom. The molecule has 0 heterocycles. The molecule has 0 aliphatic rings. The van der Waals surface area contributed by atoms with Gasteiger partial charge in [-0.05, 0) is 24.5 Å². The fraction of sp³-hybridized carbons (Fsp3) is 0.467. The van der Waals surface area contributed by atoms with Crippen LogP contribution in [0.3, 0.4) is 0 Å². The number of aryl methyl sites for hydroxylation is 1. The molecule has 1 atom stereocenters. The lowest BCUT2D eigenvalue weighted by Gasteiger charge is -2.26. The van der Waals surface area contributed by atoms with Gasteiger partial charge in [-0.2, -0.15) is 0 Å². The molecule has 0 N–H and O–H groups in total. The van der Waals surface area contributed by atoms with Gasteiger partial charge in [-0.1, -0.05) is 26.0 Å². The minimum atomic E-state index is -0.649. The fourth-order valence-corrected chi connectivity index (χ4v) is 2.15. The number of alkyl halides is 1. The van der Waals surface area contributed by atoms with Gasteiger partial charge in [-0.15, -0.1) is 11.6 Å².